The van der Waals surface area contributed by atoms with Gasteiger partial charge in [-0.05, 0) is 0 Å². The van der Waals surface area contributed by atoms with Crippen LogP contribution in [0.5, 0.6) is 0 Å². The van der Waals surface area contributed by atoms with E-state index >= 15 is 0 Å². The van der Waals surface area contributed by atoms with Gasteiger partial charge in [-0.15, -0.1) is 0 Å². The number of hydrogen-bond donors (Lipinski definition) is 0. The number of rotatable bonds is 4. The van der Waals surface area contributed by atoms with E-state index in [1.54, 1.807) is 0 Å². The number of hydrogen-bond acceptors (Lipinski definition) is 4. The Morgan fingerprint density at radius 1 is 1.00 bits per heavy atom. The zero-order valence-corrected chi connectivity index (χ0v) is 8.55. The Balaban J connectivity index is 3.79. The van der Waals surface area contributed by atoms with Gasteiger partial charge >= 0.3 is 11.9 Å². The smallest absolute Gasteiger partial charge is 0.302 e. The molecule has 0 radical (unpaired) electrons. The minimum atomic E-state index is -0.323. The summed E-state index contributed by atoms with van der Waals surface area (Å²) in [6, 6.07) is 0. The summed E-state index contributed by atoms with van der Waals surface area (Å²) < 4.78 is 9.62. The molecule has 0 heterocycles. The summed E-state index contributed by atoms with van der Waals surface area (Å²) in [5.41, 5.74) is -0.322. The number of ether oxygens (including phenoxy) is 2. The normalized spacial score (nSPS) is 10.8. The summed E-state index contributed by atoms with van der Waals surface area (Å²) in [6.45, 7) is 6.94. The fourth-order valence-electron chi connectivity index (χ4n) is 0.636. The van der Waals surface area contributed by atoms with Crippen LogP contribution in [0.2, 0.25) is 0 Å². The second-order valence-corrected chi connectivity index (χ2v) is 3.72. The van der Waals surface area contributed by atoms with E-state index in [-0.39, 0.29) is 30.6 Å². The third kappa shape index (κ3) is 7.31. The maximum absolute atomic E-state index is 10.5. The fraction of sp³-hybridized carbons (Fsp3) is 0.778. The highest BCUT2D eigenvalue weighted by Crippen LogP contribution is 2.15. The first kappa shape index (κ1) is 11.9. The molecule has 76 valence electrons. The van der Waals surface area contributed by atoms with Gasteiger partial charge in [0, 0.05) is 19.3 Å². The molecule has 13 heavy (non-hydrogen) atoms. The van der Waals surface area contributed by atoms with Crippen molar-refractivity contribution in [3.05, 3.63) is 0 Å². The summed E-state index contributed by atoms with van der Waals surface area (Å²) in [6.07, 6.45) is 0. The molecule has 0 aliphatic heterocycles. The molecule has 0 saturated carbocycles. The highest BCUT2D eigenvalue weighted by Gasteiger charge is 2.21. The monoisotopic (exact) mass is 188 g/mol. The van der Waals surface area contributed by atoms with E-state index in [4.69, 9.17) is 9.47 Å². The summed E-state index contributed by atoms with van der Waals surface area (Å²) >= 11 is 0. The van der Waals surface area contributed by atoms with Gasteiger partial charge in [-0.2, -0.15) is 0 Å². The highest BCUT2D eigenvalue weighted by atomic mass is 16.5. The first-order valence-electron chi connectivity index (χ1n) is 4.10. The van der Waals surface area contributed by atoms with Crippen LogP contribution in [-0.4, -0.2) is 25.2 Å². The van der Waals surface area contributed by atoms with Crippen molar-refractivity contribution >= 4 is 11.9 Å². The van der Waals surface area contributed by atoms with Crippen LogP contribution in [0, 0.1) is 5.41 Å². The Morgan fingerprint density at radius 2 is 1.31 bits per heavy atom. The lowest BCUT2D eigenvalue weighted by Crippen LogP contribution is -2.27. The zero-order chi connectivity index (χ0) is 10.5. The summed E-state index contributed by atoms with van der Waals surface area (Å²) in [7, 11) is 0. The first-order valence-corrected chi connectivity index (χ1v) is 4.10. The maximum atomic E-state index is 10.5. The first-order chi connectivity index (χ1) is 5.83. The molecule has 0 saturated heterocycles. The van der Waals surface area contributed by atoms with E-state index in [1.807, 2.05) is 13.8 Å². The molecule has 0 aliphatic carbocycles. The number of esters is 2. The van der Waals surface area contributed by atoms with Crippen LogP contribution < -0.4 is 0 Å². The molecule has 0 rings (SSSR count). The van der Waals surface area contributed by atoms with E-state index in [2.05, 4.69) is 0 Å². The van der Waals surface area contributed by atoms with Crippen LogP contribution in [0.25, 0.3) is 0 Å². The van der Waals surface area contributed by atoms with Gasteiger partial charge in [0.25, 0.3) is 0 Å². The predicted octanol–water partition coefficient (Wildman–Crippen LogP) is 1.14. The van der Waals surface area contributed by atoms with E-state index in [1.165, 1.54) is 13.8 Å². The lowest BCUT2D eigenvalue weighted by molar-refractivity contribution is -0.149. The lowest BCUT2D eigenvalue weighted by atomic mass is 9.96. The van der Waals surface area contributed by atoms with Crippen molar-refractivity contribution < 1.29 is 19.1 Å². The number of carbonyl (C=O) groups excluding carboxylic acids is 2. The fourth-order valence-corrected chi connectivity index (χ4v) is 0.636. The minimum absolute atomic E-state index is 0.260. The topological polar surface area (TPSA) is 52.6 Å². The van der Waals surface area contributed by atoms with Crippen LogP contribution in [-0.2, 0) is 19.1 Å². The highest BCUT2D eigenvalue weighted by molar-refractivity contribution is 5.66. The molecule has 0 amide bonds. The molecule has 4 nitrogen and oxygen atoms in total. The van der Waals surface area contributed by atoms with Gasteiger partial charge in [-0.1, -0.05) is 13.8 Å². The van der Waals surface area contributed by atoms with Gasteiger partial charge in [0.1, 0.15) is 0 Å². The Labute approximate surface area is 78.2 Å². The van der Waals surface area contributed by atoms with Gasteiger partial charge in [0.2, 0.25) is 0 Å². The SMILES string of the molecule is CC(=O)OCC(C)(C)COC(C)=O. The molecule has 0 atom stereocenters. The molecule has 4 heteroatoms. The van der Waals surface area contributed by atoms with Crippen molar-refractivity contribution in [1.29, 1.82) is 0 Å². The Hall–Kier alpha value is -1.06. The third-order valence-corrected chi connectivity index (χ3v) is 1.33. The van der Waals surface area contributed by atoms with Crippen LogP contribution in [0.4, 0.5) is 0 Å². The van der Waals surface area contributed by atoms with Crippen molar-refractivity contribution in [2.24, 2.45) is 5.41 Å². The van der Waals surface area contributed by atoms with E-state index in [0.29, 0.717) is 0 Å². The molecule has 0 aromatic carbocycles. The average Bonchev–Trinajstić information content (AvgIpc) is 1.98. The molecule has 0 bridgehead atoms. The Bertz CT molecular complexity index is 176. The molecule has 0 aromatic rings. The predicted molar refractivity (Wildman–Crippen MR) is 47.0 cm³/mol. The van der Waals surface area contributed by atoms with Gasteiger partial charge in [-0.3, -0.25) is 9.59 Å². The molecule has 0 aliphatic rings. The van der Waals surface area contributed by atoms with E-state index < -0.39 is 0 Å². The van der Waals surface area contributed by atoms with Crippen molar-refractivity contribution in [2.45, 2.75) is 27.7 Å². The van der Waals surface area contributed by atoms with Crippen LogP contribution in [0.3, 0.4) is 0 Å². The van der Waals surface area contributed by atoms with Crippen LogP contribution in [0.1, 0.15) is 27.7 Å². The van der Waals surface area contributed by atoms with Gasteiger partial charge in [0.05, 0.1) is 13.2 Å². The van der Waals surface area contributed by atoms with Crippen molar-refractivity contribution in [3.63, 3.8) is 0 Å². The summed E-state index contributed by atoms with van der Waals surface area (Å²) in [5, 5.41) is 0. The Kier molecular flexibility index (Phi) is 4.45. The summed E-state index contributed by atoms with van der Waals surface area (Å²) in [5.74, 6) is -0.646. The average molecular weight is 188 g/mol. The Morgan fingerprint density at radius 3 is 1.54 bits per heavy atom. The van der Waals surface area contributed by atoms with Crippen molar-refractivity contribution in [1.82, 2.24) is 0 Å². The van der Waals surface area contributed by atoms with Gasteiger partial charge < -0.3 is 9.47 Å². The standard InChI is InChI=1S/C9H16O4/c1-7(10)12-5-9(3,4)6-13-8(2)11/h5-6H2,1-4H3. The van der Waals surface area contributed by atoms with Crippen molar-refractivity contribution in [2.75, 3.05) is 13.2 Å². The van der Waals surface area contributed by atoms with Gasteiger partial charge in [-0.25, -0.2) is 0 Å². The van der Waals surface area contributed by atoms with E-state index in [0.717, 1.165) is 0 Å². The van der Waals surface area contributed by atoms with Crippen LogP contribution in [0.15, 0.2) is 0 Å². The zero-order valence-electron chi connectivity index (χ0n) is 8.55. The maximum Gasteiger partial charge on any atom is 0.302 e. The summed E-state index contributed by atoms with van der Waals surface area (Å²) in [4.78, 5) is 21.0. The second-order valence-electron chi connectivity index (χ2n) is 3.72. The quantitative estimate of drug-likeness (QED) is 0.621. The molecule has 0 N–H and O–H groups in total. The van der Waals surface area contributed by atoms with Gasteiger partial charge in [0.15, 0.2) is 0 Å². The number of carbonyl (C=O) groups is 2. The third-order valence-electron chi connectivity index (χ3n) is 1.33. The van der Waals surface area contributed by atoms with Crippen molar-refractivity contribution in [3.8, 4) is 0 Å². The minimum Gasteiger partial charge on any atom is -0.465 e. The molecule has 0 aromatic heterocycles. The molecular formula is C9H16O4. The second kappa shape index (κ2) is 4.84. The largest absolute Gasteiger partial charge is 0.465 e. The molecule has 0 unspecified atom stereocenters. The molecular weight excluding hydrogens is 172 g/mol. The lowest BCUT2D eigenvalue weighted by Gasteiger charge is -2.22. The molecule has 0 fully saturated rings. The molecule has 0 spiro atoms. The van der Waals surface area contributed by atoms with E-state index in [9.17, 15) is 9.59 Å². The van der Waals surface area contributed by atoms with Crippen LogP contribution >= 0.6 is 0 Å².